The van der Waals surface area contributed by atoms with Crippen LogP contribution in [0.1, 0.15) is 96.8 Å². The fraction of sp³-hybridized carbons (Fsp3) is 1.00. The summed E-state index contributed by atoms with van der Waals surface area (Å²) in [6, 6.07) is 0. The summed E-state index contributed by atoms with van der Waals surface area (Å²) < 4.78 is 1.20. The number of unbranched alkanes of at least 4 members (excludes halogenated alkanes) is 12. The lowest BCUT2D eigenvalue weighted by Crippen LogP contribution is -2.41. The second-order valence-corrected chi connectivity index (χ2v) is 8.46. The number of hydrogen-bond acceptors (Lipinski definition) is 0. The fourth-order valence-corrected chi connectivity index (χ4v) is 3.41. The Labute approximate surface area is 150 Å². The van der Waals surface area contributed by atoms with E-state index in [4.69, 9.17) is 0 Å². The van der Waals surface area contributed by atoms with Crippen molar-refractivity contribution in [1.29, 1.82) is 0 Å². The Hall–Kier alpha value is 0.440. The first-order chi connectivity index (χ1) is 10.6. The molecular weight excluding hydrogens is 334 g/mol. The normalized spacial score (nSPS) is 12.0. The van der Waals surface area contributed by atoms with Crippen LogP contribution in [-0.4, -0.2) is 37.0 Å². The molecule has 0 atom stereocenters. The van der Waals surface area contributed by atoms with Crippen molar-refractivity contribution in [3.05, 3.63) is 0 Å². The average molecular weight is 377 g/mol. The molecule has 0 heterocycles. The highest BCUT2D eigenvalue weighted by Gasteiger charge is 2.12. The van der Waals surface area contributed by atoms with E-state index >= 15 is 0 Å². The molecule has 22 heavy (non-hydrogen) atoms. The molecule has 0 aromatic carbocycles. The first-order valence-corrected chi connectivity index (χ1v) is 11.1. The Morgan fingerprint density at radius 2 is 0.909 bits per heavy atom. The molecule has 0 saturated carbocycles. The summed E-state index contributed by atoms with van der Waals surface area (Å²) in [6.45, 7) is 4.96. The topological polar surface area (TPSA) is 0 Å². The zero-order chi connectivity index (χ0) is 16.5. The molecule has 0 spiro atoms. The molecule has 0 aromatic rings. The number of quaternary nitrogens is 1. The lowest BCUT2D eigenvalue weighted by Gasteiger charge is -2.29. The lowest BCUT2D eigenvalue weighted by molar-refractivity contribution is -0.890. The van der Waals surface area contributed by atoms with Crippen molar-refractivity contribution < 1.29 is 4.48 Å². The summed E-state index contributed by atoms with van der Waals surface area (Å²) in [6.07, 6.45) is 20.2. The third-order valence-corrected chi connectivity index (χ3v) is 5.32. The summed E-state index contributed by atoms with van der Waals surface area (Å²) in [5, 5.41) is 1.15. The number of nitrogens with zero attached hydrogens (tertiary/aromatic N) is 1. The molecule has 0 amide bonds. The summed E-state index contributed by atoms with van der Waals surface area (Å²) in [5.41, 5.74) is 0. The van der Waals surface area contributed by atoms with Crippen LogP contribution in [0, 0.1) is 0 Å². The van der Waals surface area contributed by atoms with Gasteiger partial charge in [0.05, 0.1) is 27.2 Å². The van der Waals surface area contributed by atoms with E-state index in [9.17, 15) is 0 Å². The van der Waals surface area contributed by atoms with Crippen LogP contribution in [0.4, 0.5) is 0 Å². The van der Waals surface area contributed by atoms with Crippen molar-refractivity contribution in [2.45, 2.75) is 96.8 Å². The predicted octanol–water partition coefficient (Wildman–Crippen LogP) is 6.94. The van der Waals surface area contributed by atoms with Gasteiger partial charge in [0.1, 0.15) is 0 Å². The first-order valence-electron chi connectivity index (χ1n) is 10.0. The van der Waals surface area contributed by atoms with Gasteiger partial charge in [-0.05, 0) is 12.8 Å². The van der Waals surface area contributed by atoms with Crippen LogP contribution in [0.15, 0.2) is 0 Å². The highest BCUT2D eigenvalue weighted by atomic mass is 79.9. The molecule has 0 aliphatic heterocycles. The molecule has 0 radical (unpaired) electrons. The third-order valence-electron chi connectivity index (χ3n) is 4.76. The van der Waals surface area contributed by atoms with Crippen molar-refractivity contribution in [2.24, 2.45) is 0 Å². The minimum absolute atomic E-state index is 1.15. The van der Waals surface area contributed by atoms with Gasteiger partial charge >= 0.3 is 0 Å². The maximum atomic E-state index is 3.54. The van der Waals surface area contributed by atoms with Gasteiger partial charge in [0.15, 0.2) is 0 Å². The summed E-state index contributed by atoms with van der Waals surface area (Å²) in [7, 11) is 4.76. The molecule has 0 unspecified atom stereocenters. The number of alkyl halides is 1. The predicted molar refractivity (Wildman–Crippen MR) is 106 cm³/mol. The van der Waals surface area contributed by atoms with Gasteiger partial charge in [0.2, 0.25) is 0 Å². The van der Waals surface area contributed by atoms with Crippen molar-refractivity contribution in [2.75, 3.05) is 32.5 Å². The van der Waals surface area contributed by atoms with E-state index in [-0.39, 0.29) is 0 Å². The van der Waals surface area contributed by atoms with Crippen LogP contribution in [0.5, 0.6) is 0 Å². The van der Waals surface area contributed by atoms with Crippen LogP contribution >= 0.6 is 15.9 Å². The van der Waals surface area contributed by atoms with E-state index in [0.717, 1.165) is 5.33 Å². The van der Waals surface area contributed by atoms with E-state index < -0.39 is 0 Å². The molecule has 134 valence electrons. The minimum Gasteiger partial charge on any atom is -0.328 e. The smallest absolute Gasteiger partial charge is 0.0790 e. The SMILES string of the molecule is CCCCCCCCCCCCCCC[N+](C)(C)CCCBr. The molecule has 0 N–H and O–H groups in total. The highest BCUT2D eigenvalue weighted by Crippen LogP contribution is 2.13. The van der Waals surface area contributed by atoms with Crippen molar-refractivity contribution in [1.82, 2.24) is 0 Å². The maximum Gasteiger partial charge on any atom is 0.0790 e. The van der Waals surface area contributed by atoms with Crippen LogP contribution in [-0.2, 0) is 0 Å². The van der Waals surface area contributed by atoms with E-state index in [1.54, 1.807) is 0 Å². The van der Waals surface area contributed by atoms with E-state index in [1.165, 1.54) is 107 Å². The molecule has 0 aliphatic rings. The zero-order valence-corrected chi connectivity index (χ0v) is 17.4. The van der Waals surface area contributed by atoms with Crippen molar-refractivity contribution in [3.63, 3.8) is 0 Å². The van der Waals surface area contributed by atoms with Gasteiger partial charge in [-0.1, -0.05) is 93.5 Å². The monoisotopic (exact) mass is 376 g/mol. The summed E-state index contributed by atoms with van der Waals surface area (Å²) in [5.74, 6) is 0. The third kappa shape index (κ3) is 16.8. The second-order valence-electron chi connectivity index (χ2n) is 7.67. The minimum atomic E-state index is 1.15. The van der Waals surface area contributed by atoms with Gasteiger partial charge in [0, 0.05) is 11.8 Å². The standard InChI is InChI=1S/C20H43BrN/c1-4-5-6-7-8-9-10-11-12-13-14-15-16-19-22(2,3)20-17-18-21/h4-20H2,1-3H3/q+1. The number of hydrogen-bond donors (Lipinski definition) is 0. The van der Waals surface area contributed by atoms with Crippen LogP contribution in [0.3, 0.4) is 0 Å². The highest BCUT2D eigenvalue weighted by molar-refractivity contribution is 9.09. The molecule has 2 heteroatoms. The Morgan fingerprint density at radius 3 is 1.32 bits per heavy atom. The molecule has 0 bridgehead atoms. The molecule has 0 aromatic heterocycles. The number of halogens is 1. The fourth-order valence-electron chi connectivity index (χ4n) is 3.16. The van der Waals surface area contributed by atoms with Gasteiger partial charge in [-0.15, -0.1) is 0 Å². The summed E-state index contributed by atoms with van der Waals surface area (Å²) >= 11 is 3.54. The van der Waals surface area contributed by atoms with E-state index in [1.807, 2.05) is 0 Å². The van der Waals surface area contributed by atoms with E-state index in [0.29, 0.717) is 0 Å². The molecule has 0 saturated heterocycles. The van der Waals surface area contributed by atoms with Crippen LogP contribution in [0.25, 0.3) is 0 Å². The van der Waals surface area contributed by atoms with Gasteiger partial charge < -0.3 is 4.48 Å². The molecule has 1 nitrogen and oxygen atoms in total. The quantitative estimate of drug-likeness (QED) is 0.146. The van der Waals surface area contributed by atoms with Crippen LogP contribution < -0.4 is 0 Å². The van der Waals surface area contributed by atoms with Gasteiger partial charge in [-0.3, -0.25) is 0 Å². The Kier molecular flexibility index (Phi) is 16.6. The number of rotatable bonds is 17. The van der Waals surface area contributed by atoms with Crippen molar-refractivity contribution >= 4 is 15.9 Å². The zero-order valence-electron chi connectivity index (χ0n) is 15.8. The average Bonchev–Trinajstić information content (AvgIpc) is 2.50. The maximum absolute atomic E-state index is 3.54. The molecule has 0 rings (SSSR count). The Bertz CT molecular complexity index is 216. The van der Waals surface area contributed by atoms with Gasteiger partial charge in [-0.25, -0.2) is 0 Å². The Morgan fingerprint density at radius 1 is 0.545 bits per heavy atom. The second kappa shape index (κ2) is 16.3. The Balaban J connectivity index is 3.17. The first kappa shape index (κ1) is 22.4. The lowest BCUT2D eigenvalue weighted by atomic mass is 10.0. The van der Waals surface area contributed by atoms with Gasteiger partial charge in [0.25, 0.3) is 0 Å². The largest absolute Gasteiger partial charge is 0.328 e. The molecule has 0 fully saturated rings. The summed E-state index contributed by atoms with van der Waals surface area (Å²) in [4.78, 5) is 0. The van der Waals surface area contributed by atoms with Crippen LogP contribution in [0.2, 0.25) is 0 Å². The molecular formula is C20H43BrN+. The molecule has 0 aliphatic carbocycles. The van der Waals surface area contributed by atoms with Gasteiger partial charge in [-0.2, -0.15) is 0 Å². The van der Waals surface area contributed by atoms with Crippen molar-refractivity contribution in [3.8, 4) is 0 Å². The van der Waals surface area contributed by atoms with E-state index in [2.05, 4.69) is 36.9 Å².